The molecule has 4 N–H and O–H groups in total. The highest BCUT2D eigenvalue weighted by atomic mass is 16.6. The molecule has 36 heavy (non-hydrogen) atoms. The molecule has 1 aromatic heterocycles. The first-order valence-electron chi connectivity index (χ1n) is 11.1. The molecule has 0 bridgehead atoms. The van der Waals surface area contributed by atoms with Crippen LogP contribution in [0.25, 0.3) is 0 Å². The van der Waals surface area contributed by atoms with Crippen molar-refractivity contribution in [3.63, 3.8) is 0 Å². The van der Waals surface area contributed by atoms with Gasteiger partial charge in [-0.1, -0.05) is 11.8 Å². The fourth-order valence-corrected chi connectivity index (χ4v) is 4.67. The largest absolute Gasteiger partial charge is 0.508 e. The molecule has 10 heteroatoms. The van der Waals surface area contributed by atoms with E-state index in [0.29, 0.717) is 51.8 Å². The molecule has 0 aliphatic carbocycles. The highest BCUT2D eigenvalue weighted by Crippen LogP contribution is 2.57. The van der Waals surface area contributed by atoms with Gasteiger partial charge in [0.1, 0.15) is 28.7 Å². The molecule has 0 atom stereocenters. The van der Waals surface area contributed by atoms with Crippen LogP contribution in [-0.4, -0.2) is 31.2 Å². The minimum absolute atomic E-state index is 0.00190. The van der Waals surface area contributed by atoms with E-state index >= 15 is 0 Å². The third-order valence-electron chi connectivity index (χ3n) is 6.20. The number of carbonyl (C=O) groups is 1. The summed E-state index contributed by atoms with van der Waals surface area (Å²) in [5, 5.41) is 34.5. The number of benzene rings is 3. The number of hydrogen-bond donors (Lipinski definition) is 4. The number of nitrogens with zero attached hydrogens (tertiary/aromatic N) is 3. The van der Waals surface area contributed by atoms with Crippen LogP contribution in [0.5, 0.6) is 23.0 Å². The first-order valence-corrected chi connectivity index (χ1v) is 11.1. The number of esters is 1. The van der Waals surface area contributed by atoms with Gasteiger partial charge in [0.25, 0.3) is 0 Å². The van der Waals surface area contributed by atoms with Gasteiger partial charge < -0.3 is 30.3 Å². The van der Waals surface area contributed by atoms with Gasteiger partial charge >= 0.3 is 5.97 Å². The summed E-state index contributed by atoms with van der Waals surface area (Å²) in [4.78, 5) is 13.1. The van der Waals surface area contributed by atoms with Gasteiger partial charge in [-0.3, -0.25) is 4.68 Å². The summed E-state index contributed by atoms with van der Waals surface area (Å²) in [6.45, 7) is 4.46. The zero-order valence-electron chi connectivity index (χ0n) is 19.1. The van der Waals surface area contributed by atoms with Crippen molar-refractivity contribution >= 4 is 11.7 Å². The molecule has 6 rings (SSSR count). The normalized spacial score (nSPS) is 14.3. The minimum Gasteiger partial charge on any atom is -0.508 e. The van der Waals surface area contributed by atoms with Crippen LogP contribution in [0.1, 0.15) is 32.7 Å². The number of ether oxygens (including phenoxy) is 2. The summed E-state index contributed by atoms with van der Waals surface area (Å²) in [7, 11) is 1.79. The Morgan fingerprint density at radius 2 is 1.72 bits per heavy atom. The number of phenols is 2. The lowest BCUT2D eigenvalue weighted by Gasteiger charge is -2.36. The second-order valence-electron chi connectivity index (χ2n) is 8.63. The second kappa shape index (κ2) is 7.77. The average Bonchev–Trinajstić information content (AvgIpc) is 3.38. The van der Waals surface area contributed by atoms with E-state index in [0.717, 1.165) is 5.69 Å². The molecule has 0 unspecified atom stereocenters. The number of aromatic nitrogens is 3. The number of hydrogen-bond acceptors (Lipinski definition) is 9. The van der Waals surface area contributed by atoms with Gasteiger partial charge in [0.05, 0.1) is 17.9 Å². The Hall–Kier alpha value is -4.99. The van der Waals surface area contributed by atoms with Gasteiger partial charge in [-0.25, -0.2) is 4.79 Å². The van der Waals surface area contributed by atoms with Gasteiger partial charge in [0.15, 0.2) is 5.60 Å². The molecule has 10 nitrogen and oxygen atoms in total. The number of fused-ring (bicyclic) bond motifs is 6. The fourth-order valence-electron chi connectivity index (χ4n) is 4.67. The third kappa shape index (κ3) is 3.30. The molecule has 180 valence electrons. The number of aromatic hydroxyl groups is 2. The first-order chi connectivity index (χ1) is 17.3. The van der Waals surface area contributed by atoms with Crippen molar-refractivity contribution in [3.05, 3.63) is 101 Å². The average molecular weight is 483 g/mol. The van der Waals surface area contributed by atoms with Crippen LogP contribution >= 0.6 is 0 Å². The summed E-state index contributed by atoms with van der Waals surface area (Å²) in [5.74, 6) is 0.679. The van der Waals surface area contributed by atoms with Crippen molar-refractivity contribution in [3.8, 4) is 23.0 Å². The van der Waals surface area contributed by atoms with Crippen LogP contribution < -0.4 is 15.4 Å². The molecule has 3 heterocycles. The number of carbonyl (C=O) groups excluding carboxylic acids is 1. The van der Waals surface area contributed by atoms with Crippen molar-refractivity contribution in [2.75, 3.05) is 5.32 Å². The topological polar surface area (TPSA) is 131 Å². The van der Waals surface area contributed by atoms with E-state index in [1.54, 1.807) is 42.2 Å². The van der Waals surface area contributed by atoms with E-state index < -0.39 is 11.6 Å². The molecule has 0 amide bonds. The number of aryl methyl sites for hydroxylation is 1. The predicted octanol–water partition coefficient (Wildman–Crippen LogP) is 3.47. The molecule has 0 radical (unpaired) electrons. The van der Waals surface area contributed by atoms with Crippen LogP contribution in [0.2, 0.25) is 0 Å². The lowest BCUT2D eigenvalue weighted by atomic mass is 9.77. The van der Waals surface area contributed by atoms with Gasteiger partial charge in [0.2, 0.25) is 0 Å². The summed E-state index contributed by atoms with van der Waals surface area (Å²) in [6.07, 6.45) is 1.80. The zero-order chi connectivity index (χ0) is 25.0. The predicted molar refractivity (Wildman–Crippen MR) is 129 cm³/mol. The Morgan fingerprint density at radius 1 is 1.03 bits per heavy atom. The Balaban J connectivity index is 1.41. The summed E-state index contributed by atoms with van der Waals surface area (Å²) < 4.78 is 13.7. The maximum Gasteiger partial charge on any atom is 0.340 e. The molecule has 2 aliphatic rings. The summed E-state index contributed by atoms with van der Waals surface area (Å²) >= 11 is 0. The van der Waals surface area contributed by atoms with Crippen LogP contribution in [0.3, 0.4) is 0 Å². The van der Waals surface area contributed by atoms with Crippen LogP contribution in [0.15, 0.2) is 73.2 Å². The molecule has 2 aliphatic heterocycles. The number of phenolic OH excluding ortho intramolecular Hbond substituents is 2. The van der Waals surface area contributed by atoms with Gasteiger partial charge in [0, 0.05) is 47.8 Å². The molecule has 4 aromatic rings. The minimum atomic E-state index is -1.33. The lowest BCUT2D eigenvalue weighted by molar-refractivity contribution is 0.0224. The fraction of sp³-hybridized carbons (Fsp3) is 0.115. The second-order valence-corrected chi connectivity index (χ2v) is 8.63. The standard InChI is InChI=1S/C26H21N5O5/c1-14(27-12-16-13-31(2)30-29-16)28-15-3-6-19-22(9-15)26(36-25(19)34)20-7-4-17(32)10-23(20)35-24-11-18(33)5-8-21(24)26/h3-11,13,27-28,32-33H,1,12H2,2H3. The molecule has 0 saturated heterocycles. The molecule has 0 saturated carbocycles. The van der Waals surface area contributed by atoms with Crippen molar-refractivity contribution in [2.45, 2.75) is 12.1 Å². The highest BCUT2D eigenvalue weighted by molar-refractivity contribution is 5.97. The number of rotatable bonds is 5. The number of nitrogens with one attached hydrogen (secondary N) is 2. The summed E-state index contributed by atoms with van der Waals surface area (Å²) in [5.41, 5.74) is 2.22. The van der Waals surface area contributed by atoms with Gasteiger partial charge in [-0.15, -0.1) is 5.10 Å². The van der Waals surface area contributed by atoms with E-state index in [9.17, 15) is 15.0 Å². The van der Waals surface area contributed by atoms with Crippen molar-refractivity contribution in [1.82, 2.24) is 20.3 Å². The molecular weight excluding hydrogens is 462 g/mol. The lowest BCUT2D eigenvalue weighted by Crippen LogP contribution is -2.33. The monoisotopic (exact) mass is 483 g/mol. The number of anilines is 1. The molecule has 1 spiro atoms. The Labute approximate surface area is 205 Å². The van der Waals surface area contributed by atoms with Crippen molar-refractivity contribution in [1.29, 1.82) is 0 Å². The maximum absolute atomic E-state index is 13.1. The van der Waals surface area contributed by atoms with Crippen LogP contribution in [0, 0.1) is 0 Å². The van der Waals surface area contributed by atoms with Crippen LogP contribution in [0.4, 0.5) is 5.69 Å². The summed E-state index contributed by atoms with van der Waals surface area (Å²) in [6, 6.07) is 14.6. The first kappa shape index (κ1) is 21.5. The van der Waals surface area contributed by atoms with E-state index in [2.05, 4.69) is 27.5 Å². The zero-order valence-corrected chi connectivity index (χ0v) is 19.1. The van der Waals surface area contributed by atoms with E-state index in [-0.39, 0.29) is 11.5 Å². The highest BCUT2D eigenvalue weighted by Gasteiger charge is 2.53. The third-order valence-corrected chi connectivity index (χ3v) is 6.20. The van der Waals surface area contributed by atoms with Gasteiger partial charge in [-0.05, 0) is 42.5 Å². The Bertz CT molecular complexity index is 1510. The molecule has 3 aromatic carbocycles. The van der Waals surface area contributed by atoms with Crippen LogP contribution in [-0.2, 0) is 23.9 Å². The van der Waals surface area contributed by atoms with Crippen molar-refractivity contribution in [2.24, 2.45) is 7.05 Å². The Morgan fingerprint density at radius 3 is 2.36 bits per heavy atom. The van der Waals surface area contributed by atoms with E-state index in [1.807, 2.05) is 6.07 Å². The van der Waals surface area contributed by atoms with E-state index in [4.69, 9.17) is 9.47 Å². The van der Waals surface area contributed by atoms with E-state index in [1.165, 1.54) is 24.3 Å². The smallest absolute Gasteiger partial charge is 0.340 e. The quantitative estimate of drug-likeness (QED) is 0.315. The maximum atomic E-state index is 13.1. The molecular formula is C26H21N5O5. The van der Waals surface area contributed by atoms with Crippen molar-refractivity contribution < 1.29 is 24.5 Å². The van der Waals surface area contributed by atoms with Gasteiger partial charge in [-0.2, -0.15) is 0 Å². The SMILES string of the molecule is C=C(NCc1cn(C)nn1)Nc1ccc2c(c1)C1(OC2=O)c2ccc(O)cc2Oc2cc(O)ccc21. The Kier molecular flexibility index (Phi) is 4.65. The molecule has 0 fully saturated rings.